The number of halogens is 1. The number of aryl methyl sites for hydroxylation is 1. The number of hydrogen-bond acceptors (Lipinski definition) is 7. The van der Waals surface area contributed by atoms with Gasteiger partial charge in [-0.3, -0.25) is 19.6 Å². The molecule has 0 fully saturated rings. The summed E-state index contributed by atoms with van der Waals surface area (Å²) in [6, 6.07) is 14.1. The van der Waals surface area contributed by atoms with Crippen molar-refractivity contribution in [3.05, 3.63) is 70.9 Å². The molecule has 0 saturated carbocycles. The average Bonchev–Trinajstić information content (AvgIpc) is 3.25. The van der Waals surface area contributed by atoms with Gasteiger partial charge in [-0.15, -0.1) is 0 Å². The van der Waals surface area contributed by atoms with Crippen molar-refractivity contribution in [2.75, 3.05) is 17.4 Å². The third-order valence-corrected chi connectivity index (χ3v) is 5.97. The number of benzene rings is 2. The number of nitrogens with zero attached hydrogens (tertiary/aromatic N) is 3. The number of amides is 3. The highest BCUT2D eigenvalue weighted by atomic mass is 35.5. The Labute approximate surface area is 229 Å². The first-order chi connectivity index (χ1) is 18.4. The number of carbonyl (C=O) groups excluding carboxylic acids is 3. The Morgan fingerprint density at radius 2 is 1.77 bits per heavy atom. The van der Waals surface area contributed by atoms with Gasteiger partial charge in [-0.25, -0.2) is 9.78 Å². The Hall–Kier alpha value is -4.64. The summed E-state index contributed by atoms with van der Waals surface area (Å²) in [5, 5.41) is 10.8. The molecule has 202 valence electrons. The van der Waals surface area contributed by atoms with Crippen LogP contribution < -0.4 is 25.8 Å². The van der Waals surface area contributed by atoms with Gasteiger partial charge in [-0.2, -0.15) is 5.10 Å². The van der Waals surface area contributed by atoms with Crippen molar-refractivity contribution in [1.29, 1.82) is 0 Å². The van der Waals surface area contributed by atoms with Gasteiger partial charge in [-0.1, -0.05) is 32.4 Å². The molecule has 2 heterocycles. The molecule has 11 nitrogen and oxygen atoms in total. The number of fused-ring (bicyclic) bond motifs is 1. The minimum absolute atomic E-state index is 0.153. The van der Waals surface area contributed by atoms with E-state index in [4.69, 9.17) is 26.8 Å². The SMILES string of the molecule is Cn1nc(C(C)(C)C)cc1NC(=O)Nc1ccc(OCOc2ccc3cc(C(=O)C(N)=O)ccc3n2)cc1Cl. The number of nitrogens with one attached hydrogen (secondary N) is 2. The maximum absolute atomic E-state index is 12.5. The molecule has 0 aliphatic rings. The number of Topliss-reactive ketones (excluding diaryl/α,β-unsaturated/α-hetero) is 1. The average molecular weight is 551 g/mol. The van der Waals surface area contributed by atoms with Crippen LogP contribution in [0, 0.1) is 0 Å². The molecular formula is C27H27ClN6O5. The molecule has 0 atom stereocenters. The highest BCUT2D eigenvalue weighted by Crippen LogP contribution is 2.28. The molecule has 0 radical (unpaired) electrons. The molecule has 0 aliphatic carbocycles. The number of ether oxygens (including phenoxy) is 2. The van der Waals surface area contributed by atoms with Crippen LogP contribution in [0.1, 0.15) is 36.8 Å². The molecule has 39 heavy (non-hydrogen) atoms. The Bertz CT molecular complexity index is 1580. The van der Waals surface area contributed by atoms with Crippen LogP contribution in [0.4, 0.5) is 16.3 Å². The Kier molecular flexibility index (Phi) is 7.73. The number of hydrogen-bond donors (Lipinski definition) is 3. The van der Waals surface area contributed by atoms with E-state index >= 15 is 0 Å². The van der Waals surface area contributed by atoms with E-state index in [1.165, 1.54) is 12.1 Å². The number of ketones is 1. The van der Waals surface area contributed by atoms with Crippen LogP contribution in [-0.2, 0) is 17.3 Å². The number of anilines is 2. The molecule has 3 amide bonds. The molecule has 0 bridgehead atoms. The van der Waals surface area contributed by atoms with Crippen LogP contribution in [-0.4, -0.2) is 39.3 Å². The van der Waals surface area contributed by atoms with Gasteiger partial charge in [0.1, 0.15) is 11.6 Å². The molecule has 0 spiro atoms. The minimum atomic E-state index is -1.02. The predicted molar refractivity (Wildman–Crippen MR) is 147 cm³/mol. The van der Waals surface area contributed by atoms with Crippen molar-refractivity contribution >= 4 is 51.7 Å². The first-order valence-electron chi connectivity index (χ1n) is 11.8. The molecule has 12 heteroatoms. The lowest BCUT2D eigenvalue weighted by Crippen LogP contribution is -2.22. The number of aromatic nitrogens is 3. The summed E-state index contributed by atoms with van der Waals surface area (Å²) in [5.41, 5.74) is 6.90. The van der Waals surface area contributed by atoms with E-state index in [-0.39, 0.29) is 22.8 Å². The van der Waals surface area contributed by atoms with E-state index < -0.39 is 17.7 Å². The molecule has 0 aliphatic heterocycles. The van der Waals surface area contributed by atoms with Crippen molar-refractivity contribution in [1.82, 2.24) is 14.8 Å². The first kappa shape index (κ1) is 27.4. The molecule has 2 aromatic carbocycles. The number of nitrogens with two attached hydrogens (primary N) is 1. The fourth-order valence-electron chi connectivity index (χ4n) is 3.54. The normalized spacial score (nSPS) is 11.2. The summed E-state index contributed by atoms with van der Waals surface area (Å²) in [5.74, 6) is -0.530. The topological polar surface area (TPSA) is 150 Å². The Morgan fingerprint density at radius 3 is 2.44 bits per heavy atom. The minimum Gasteiger partial charge on any atom is -0.457 e. The Morgan fingerprint density at radius 1 is 1.00 bits per heavy atom. The van der Waals surface area contributed by atoms with Gasteiger partial charge >= 0.3 is 6.03 Å². The van der Waals surface area contributed by atoms with Crippen LogP contribution >= 0.6 is 11.6 Å². The number of pyridine rings is 1. The van der Waals surface area contributed by atoms with Crippen molar-refractivity contribution in [3.63, 3.8) is 0 Å². The molecular weight excluding hydrogens is 524 g/mol. The highest BCUT2D eigenvalue weighted by Gasteiger charge is 2.20. The lowest BCUT2D eigenvalue weighted by molar-refractivity contribution is -0.114. The lowest BCUT2D eigenvalue weighted by atomic mass is 9.92. The number of carbonyl (C=O) groups is 3. The van der Waals surface area contributed by atoms with Gasteiger partial charge in [0.25, 0.3) is 5.91 Å². The zero-order valence-electron chi connectivity index (χ0n) is 21.7. The van der Waals surface area contributed by atoms with Gasteiger partial charge in [0.05, 0.1) is 21.9 Å². The smallest absolute Gasteiger partial charge is 0.324 e. The quantitative estimate of drug-likeness (QED) is 0.164. The van der Waals surface area contributed by atoms with Crippen LogP contribution in [0.5, 0.6) is 11.6 Å². The number of urea groups is 1. The zero-order chi connectivity index (χ0) is 28.3. The van der Waals surface area contributed by atoms with Gasteiger partial charge in [0, 0.05) is 41.6 Å². The van der Waals surface area contributed by atoms with Gasteiger partial charge in [-0.05, 0) is 36.4 Å². The summed E-state index contributed by atoms with van der Waals surface area (Å²) < 4.78 is 12.8. The fraction of sp³-hybridized carbons (Fsp3) is 0.222. The largest absolute Gasteiger partial charge is 0.457 e. The van der Waals surface area contributed by atoms with E-state index in [0.717, 1.165) is 5.69 Å². The monoisotopic (exact) mass is 550 g/mol. The maximum atomic E-state index is 12.5. The van der Waals surface area contributed by atoms with E-state index in [1.54, 1.807) is 48.1 Å². The fourth-order valence-corrected chi connectivity index (χ4v) is 3.75. The summed E-state index contributed by atoms with van der Waals surface area (Å²) in [6.45, 7) is 5.97. The maximum Gasteiger partial charge on any atom is 0.324 e. The first-order valence-corrected chi connectivity index (χ1v) is 12.2. The van der Waals surface area contributed by atoms with Crippen LogP contribution in [0.15, 0.2) is 54.6 Å². The second kappa shape index (κ2) is 11.0. The molecule has 0 saturated heterocycles. The van der Waals surface area contributed by atoms with Gasteiger partial charge in [0.15, 0.2) is 0 Å². The summed E-state index contributed by atoms with van der Waals surface area (Å²) in [4.78, 5) is 39.8. The van der Waals surface area contributed by atoms with Crippen molar-refractivity contribution in [2.45, 2.75) is 26.2 Å². The second-order valence-corrected chi connectivity index (χ2v) is 10.1. The van der Waals surface area contributed by atoms with Crippen molar-refractivity contribution < 1.29 is 23.9 Å². The summed E-state index contributed by atoms with van der Waals surface area (Å²) in [6.07, 6.45) is 0. The van der Waals surface area contributed by atoms with Crippen LogP contribution in [0.3, 0.4) is 0 Å². The molecule has 4 rings (SSSR count). The molecule has 4 N–H and O–H groups in total. The third-order valence-electron chi connectivity index (χ3n) is 5.66. The highest BCUT2D eigenvalue weighted by molar-refractivity contribution is 6.42. The summed E-state index contributed by atoms with van der Waals surface area (Å²) >= 11 is 6.34. The van der Waals surface area contributed by atoms with Crippen molar-refractivity contribution in [3.8, 4) is 11.6 Å². The van der Waals surface area contributed by atoms with Gasteiger partial charge in [0.2, 0.25) is 18.5 Å². The lowest BCUT2D eigenvalue weighted by Gasteiger charge is -2.13. The third kappa shape index (κ3) is 6.63. The molecule has 2 aromatic heterocycles. The standard InChI is InChI=1S/C27H27ClN6O5/c1-27(2,3)21-13-22(34(4)33-21)32-26(37)31-20-9-7-17(12-18(20)28)38-14-39-23-10-6-15-11-16(24(35)25(29)36)5-8-19(15)30-23/h5-13H,14H2,1-4H3,(H2,29,36)(H2,31,32,37). The number of rotatable bonds is 8. The van der Waals surface area contributed by atoms with Gasteiger partial charge < -0.3 is 20.5 Å². The molecule has 0 unspecified atom stereocenters. The molecule has 4 aromatic rings. The zero-order valence-corrected chi connectivity index (χ0v) is 22.5. The second-order valence-electron chi connectivity index (χ2n) is 9.67. The van der Waals surface area contributed by atoms with Crippen LogP contribution in [0.25, 0.3) is 10.9 Å². The number of primary amides is 1. The van der Waals surface area contributed by atoms with E-state index in [9.17, 15) is 14.4 Å². The van der Waals surface area contributed by atoms with Crippen molar-refractivity contribution in [2.24, 2.45) is 12.8 Å². The van der Waals surface area contributed by atoms with E-state index in [0.29, 0.717) is 34.0 Å². The van der Waals surface area contributed by atoms with Crippen LogP contribution in [0.2, 0.25) is 5.02 Å². The van der Waals surface area contributed by atoms with E-state index in [1.807, 2.05) is 26.8 Å². The predicted octanol–water partition coefficient (Wildman–Crippen LogP) is 4.65. The van der Waals surface area contributed by atoms with E-state index in [2.05, 4.69) is 20.7 Å². The summed E-state index contributed by atoms with van der Waals surface area (Å²) in [7, 11) is 1.75. The Balaban J connectivity index is 1.32.